The summed E-state index contributed by atoms with van der Waals surface area (Å²) in [5.74, 6) is 1.16. The molecule has 7 heteroatoms. The maximum Gasteiger partial charge on any atom is 0.243 e. The third-order valence-electron chi connectivity index (χ3n) is 2.77. The SMILES string of the molecule is Cl.F[C@@H]1CN[C@@H](c2nc(Cc3cccs3)no2)C1. The summed E-state index contributed by atoms with van der Waals surface area (Å²) in [6.07, 6.45) is 0.278. The highest BCUT2D eigenvalue weighted by Crippen LogP contribution is 2.24. The van der Waals surface area contributed by atoms with E-state index < -0.39 is 6.17 Å². The molecule has 0 aromatic carbocycles. The quantitative estimate of drug-likeness (QED) is 0.943. The Morgan fingerprint density at radius 1 is 1.56 bits per heavy atom. The molecule has 0 spiro atoms. The molecule has 0 unspecified atom stereocenters. The minimum Gasteiger partial charge on any atom is -0.338 e. The van der Waals surface area contributed by atoms with Crippen LogP contribution in [0.1, 0.15) is 29.1 Å². The second-order valence-electron chi connectivity index (χ2n) is 4.10. The smallest absolute Gasteiger partial charge is 0.243 e. The molecule has 0 saturated carbocycles. The van der Waals surface area contributed by atoms with Gasteiger partial charge in [0.1, 0.15) is 6.17 Å². The van der Waals surface area contributed by atoms with Gasteiger partial charge < -0.3 is 9.84 Å². The molecular formula is C11H13ClFN3OS. The summed E-state index contributed by atoms with van der Waals surface area (Å²) in [5.41, 5.74) is 0. The van der Waals surface area contributed by atoms with E-state index in [4.69, 9.17) is 4.52 Å². The van der Waals surface area contributed by atoms with Gasteiger partial charge in [0.15, 0.2) is 5.82 Å². The molecule has 3 rings (SSSR count). The van der Waals surface area contributed by atoms with E-state index >= 15 is 0 Å². The standard InChI is InChI=1S/C11H12FN3OS.ClH/c12-7-4-9(13-6-7)11-14-10(15-16-11)5-8-2-1-3-17-8;/h1-3,7,9,13H,4-6H2;1H/t7-,9+;/m0./s1. The molecule has 1 saturated heterocycles. The van der Waals surface area contributed by atoms with Crippen LogP contribution in [-0.2, 0) is 6.42 Å². The Labute approximate surface area is 114 Å². The predicted octanol–water partition coefficient (Wildman–Crippen LogP) is 2.52. The van der Waals surface area contributed by atoms with Gasteiger partial charge in [-0.05, 0) is 11.4 Å². The summed E-state index contributed by atoms with van der Waals surface area (Å²) in [6.45, 7) is 0.368. The number of hydrogen-bond acceptors (Lipinski definition) is 5. The van der Waals surface area contributed by atoms with Crippen LogP contribution >= 0.6 is 23.7 Å². The highest BCUT2D eigenvalue weighted by Gasteiger charge is 2.29. The number of thiophene rings is 1. The number of alkyl halides is 1. The minimum absolute atomic E-state index is 0. The van der Waals surface area contributed by atoms with Gasteiger partial charge in [0.05, 0.1) is 6.04 Å². The maximum atomic E-state index is 13.0. The van der Waals surface area contributed by atoms with Gasteiger partial charge in [-0.3, -0.25) is 0 Å². The van der Waals surface area contributed by atoms with Gasteiger partial charge >= 0.3 is 0 Å². The zero-order valence-electron chi connectivity index (χ0n) is 9.51. The molecule has 0 bridgehead atoms. The first-order valence-corrected chi connectivity index (χ1v) is 6.41. The van der Waals surface area contributed by atoms with Crippen molar-refractivity contribution in [3.8, 4) is 0 Å². The van der Waals surface area contributed by atoms with Crippen molar-refractivity contribution in [3.05, 3.63) is 34.1 Å². The highest BCUT2D eigenvalue weighted by molar-refractivity contribution is 7.09. The highest BCUT2D eigenvalue weighted by atomic mass is 35.5. The van der Waals surface area contributed by atoms with Crippen LogP contribution < -0.4 is 5.32 Å². The third kappa shape index (κ3) is 2.88. The molecule has 4 nitrogen and oxygen atoms in total. The summed E-state index contributed by atoms with van der Waals surface area (Å²) in [4.78, 5) is 5.50. The van der Waals surface area contributed by atoms with Crippen LogP contribution in [0, 0.1) is 0 Å². The molecule has 1 aliphatic rings. The first-order chi connectivity index (χ1) is 8.31. The van der Waals surface area contributed by atoms with Gasteiger partial charge in [-0.2, -0.15) is 4.98 Å². The van der Waals surface area contributed by atoms with Crippen molar-refractivity contribution in [2.75, 3.05) is 6.54 Å². The maximum absolute atomic E-state index is 13.0. The summed E-state index contributed by atoms with van der Waals surface area (Å²) >= 11 is 1.66. The first-order valence-electron chi connectivity index (χ1n) is 5.53. The Balaban J connectivity index is 0.00000120. The van der Waals surface area contributed by atoms with E-state index in [1.165, 1.54) is 4.88 Å². The Bertz CT molecular complexity index is 490. The normalized spacial score (nSPS) is 22.9. The summed E-state index contributed by atoms with van der Waals surface area (Å²) in [7, 11) is 0. The predicted molar refractivity (Wildman–Crippen MR) is 68.9 cm³/mol. The Hall–Kier alpha value is -0.980. The van der Waals surface area contributed by atoms with E-state index in [1.54, 1.807) is 11.3 Å². The lowest BCUT2D eigenvalue weighted by Gasteiger charge is -2.00. The van der Waals surface area contributed by atoms with Gasteiger partial charge in [-0.25, -0.2) is 4.39 Å². The van der Waals surface area contributed by atoms with Gasteiger partial charge in [-0.1, -0.05) is 11.2 Å². The number of nitrogens with one attached hydrogen (secondary N) is 1. The lowest BCUT2D eigenvalue weighted by Crippen LogP contribution is -2.14. The molecule has 0 radical (unpaired) electrons. The van der Waals surface area contributed by atoms with Crippen molar-refractivity contribution < 1.29 is 8.91 Å². The first kappa shape index (κ1) is 13.5. The number of aromatic nitrogens is 2. The fourth-order valence-corrected chi connectivity index (χ4v) is 2.63. The van der Waals surface area contributed by atoms with Crippen LogP contribution in [0.2, 0.25) is 0 Å². The van der Waals surface area contributed by atoms with E-state index in [9.17, 15) is 4.39 Å². The molecule has 0 aliphatic carbocycles. The van der Waals surface area contributed by atoms with Gasteiger partial charge in [0.25, 0.3) is 0 Å². The topological polar surface area (TPSA) is 51.0 Å². The van der Waals surface area contributed by atoms with Crippen molar-refractivity contribution in [3.63, 3.8) is 0 Å². The van der Waals surface area contributed by atoms with E-state index in [0.717, 1.165) is 0 Å². The molecule has 1 N–H and O–H groups in total. The largest absolute Gasteiger partial charge is 0.338 e. The number of halogens is 2. The van der Waals surface area contributed by atoms with Crippen LogP contribution in [0.4, 0.5) is 4.39 Å². The van der Waals surface area contributed by atoms with Crippen LogP contribution in [-0.4, -0.2) is 22.9 Å². The molecule has 2 atom stereocenters. The van der Waals surface area contributed by atoms with Crippen LogP contribution in [0.5, 0.6) is 0 Å². The van der Waals surface area contributed by atoms with Crippen LogP contribution in [0.3, 0.4) is 0 Å². The number of rotatable bonds is 3. The second-order valence-corrected chi connectivity index (χ2v) is 5.13. The van der Waals surface area contributed by atoms with Crippen molar-refractivity contribution in [2.24, 2.45) is 0 Å². The van der Waals surface area contributed by atoms with Crippen molar-refractivity contribution in [1.82, 2.24) is 15.5 Å². The summed E-state index contributed by atoms with van der Waals surface area (Å²) in [5, 5.41) is 8.96. The van der Waals surface area contributed by atoms with Gasteiger partial charge in [0, 0.05) is 24.3 Å². The third-order valence-corrected chi connectivity index (χ3v) is 3.65. The van der Waals surface area contributed by atoms with Crippen molar-refractivity contribution in [1.29, 1.82) is 0 Å². The van der Waals surface area contributed by atoms with Crippen molar-refractivity contribution >= 4 is 23.7 Å². The molecule has 98 valence electrons. The Morgan fingerprint density at radius 3 is 3.11 bits per heavy atom. The van der Waals surface area contributed by atoms with E-state index in [-0.39, 0.29) is 18.4 Å². The average Bonchev–Trinajstić information content (AvgIpc) is 2.99. The average molecular weight is 290 g/mol. The summed E-state index contributed by atoms with van der Waals surface area (Å²) in [6, 6.07) is 3.90. The second kappa shape index (κ2) is 5.77. The number of nitrogens with zero attached hydrogens (tertiary/aromatic N) is 2. The molecule has 0 amide bonds. The Morgan fingerprint density at radius 2 is 2.44 bits per heavy atom. The zero-order valence-corrected chi connectivity index (χ0v) is 11.1. The van der Waals surface area contributed by atoms with Gasteiger partial charge in [-0.15, -0.1) is 23.7 Å². The monoisotopic (exact) mass is 289 g/mol. The molecule has 2 aromatic rings. The van der Waals surface area contributed by atoms with Crippen LogP contribution in [0.25, 0.3) is 0 Å². The fourth-order valence-electron chi connectivity index (χ4n) is 1.93. The fraction of sp³-hybridized carbons (Fsp3) is 0.455. The molecule has 2 aromatic heterocycles. The van der Waals surface area contributed by atoms with Crippen LogP contribution in [0.15, 0.2) is 22.0 Å². The van der Waals surface area contributed by atoms with Gasteiger partial charge in [0.2, 0.25) is 5.89 Å². The van der Waals surface area contributed by atoms with Crippen molar-refractivity contribution in [2.45, 2.75) is 25.1 Å². The molecule has 1 aliphatic heterocycles. The Kier molecular flexibility index (Phi) is 4.31. The summed E-state index contributed by atoms with van der Waals surface area (Å²) < 4.78 is 18.2. The molecular weight excluding hydrogens is 277 g/mol. The molecule has 18 heavy (non-hydrogen) atoms. The lowest BCUT2D eigenvalue weighted by molar-refractivity contribution is 0.322. The minimum atomic E-state index is -0.812. The van der Waals surface area contributed by atoms with E-state index in [1.807, 2.05) is 17.5 Å². The molecule has 1 fully saturated rings. The lowest BCUT2D eigenvalue weighted by atomic mass is 10.2. The number of hydrogen-bond donors (Lipinski definition) is 1. The van der Waals surface area contributed by atoms with E-state index in [0.29, 0.717) is 31.1 Å². The zero-order chi connectivity index (χ0) is 11.7. The molecule has 3 heterocycles. The van der Waals surface area contributed by atoms with E-state index in [2.05, 4.69) is 15.5 Å².